The zero-order valence-corrected chi connectivity index (χ0v) is 9.29. The van der Waals surface area contributed by atoms with Crippen molar-refractivity contribution in [1.82, 2.24) is 4.90 Å². The maximum Gasteiger partial charge on any atom is 0.172 e. The van der Waals surface area contributed by atoms with E-state index >= 15 is 0 Å². The highest BCUT2D eigenvalue weighted by molar-refractivity contribution is 4.87. The second kappa shape index (κ2) is 4.17. The summed E-state index contributed by atoms with van der Waals surface area (Å²) >= 11 is 0. The molecule has 0 bridgehead atoms. The highest BCUT2D eigenvalue weighted by Gasteiger charge is 2.45. The van der Waals surface area contributed by atoms with Crippen LogP contribution in [0.5, 0.6) is 0 Å². The molecule has 1 spiro atoms. The molecule has 2 fully saturated rings. The van der Waals surface area contributed by atoms with E-state index in [9.17, 15) is 0 Å². The Hall–Kier alpha value is -0.120. The number of hydrogen-bond acceptors (Lipinski definition) is 3. The van der Waals surface area contributed by atoms with Gasteiger partial charge in [-0.25, -0.2) is 0 Å². The molecule has 2 aliphatic rings. The van der Waals surface area contributed by atoms with E-state index in [1.165, 1.54) is 19.3 Å². The minimum Gasteiger partial charge on any atom is -0.347 e. The summed E-state index contributed by atoms with van der Waals surface area (Å²) in [6.07, 6.45) is 4.92. The van der Waals surface area contributed by atoms with Crippen LogP contribution in [-0.2, 0) is 9.47 Å². The van der Waals surface area contributed by atoms with Crippen LogP contribution in [0.25, 0.3) is 0 Å². The van der Waals surface area contributed by atoms with Gasteiger partial charge in [0.05, 0.1) is 13.2 Å². The smallest absolute Gasteiger partial charge is 0.172 e. The number of hydrogen-bond donors (Lipinski definition) is 0. The summed E-state index contributed by atoms with van der Waals surface area (Å²) in [5, 5.41) is 0. The van der Waals surface area contributed by atoms with Crippen LogP contribution in [0, 0.1) is 5.92 Å². The molecule has 0 amide bonds. The molecule has 0 aromatic heterocycles. The van der Waals surface area contributed by atoms with Crippen molar-refractivity contribution in [2.45, 2.75) is 31.5 Å². The molecule has 0 aromatic rings. The Morgan fingerprint density at radius 2 is 1.93 bits per heavy atom. The first-order valence-electron chi connectivity index (χ1n) is 5.65. The van der Waals surface area contributed by atoms with Gasteiger partial charge in [0.25, 0.3) is 0 Å². The Balaban J connectivity index is 2.02. The molecular formula is C11H21NO2. The van der Waals surface area contributed by atoms with Crippen molar-refractivity contribution in [3.05, 3.63) is 0 Å². The van der Waals surface area contributed by atoms with Gasteiger partial charge in [0, 0.05) is 18.9 Å². The molecule has 2 rings (SSSR count). The summed E-state index contributed by atoms with van der Waals surface area (Å²) in [6.45, 7) is 2.65. The lowest BCUT2D eigenvalue weighted by molar-refractivity contribution is -0.214. The Morgan fingerprint density at radius 1 is 1.21 bits per heavy atom. The molecule has 1 aliphatic heterocycles. The maximum atomic E-state index is 5.85. The quantitative estimate of drug-likeness (QED) is 0.672. The largest absolute Gasteiger partial charge is 0.347 e. The third-order valence-corrected chi connectivity index (χ3v) is 3.31. The highest BCUT2D eigenvalue weighted by atomic mass is 16.7. The molecule has 0 radical (unpaired) electrons. The van der Waals surface area contributed by atoms with Crippen molar-refractivity contribution in [2.24, 2.45) is 5.92 Å². The summed E-state index contributed by atoms with van der Waals surface area (Å²) in [6, 6.07) is 0. The van der Waals surface area contributed by atoms with Gasteiger partial charge >= 0.3 is 0 Å². The predicted molar refractivity (Wildman–Crippen MR) is 55.1 cm³/mol. The molecule has 1 atom stereocenters. The zero-order valence-electron chi connectivity index (χ0n) is 9.29. The Kier molecular flexibility index (Phi) is 3.10. The maximum absolute atomic E-state index is 5.85. The summed E-state index contributed by atoms with van der Waals surface area (Å²) in [5.74, 6) is 0.344. The molecule has 0 N–H and O–H groups in total. The van der Waals surface area contributed by atoms with E-state index in [0.29, 0.717) is 5.92 Å². The van der Waals surface area contributed by atoms with Gasteiger partial charge in [0.1, 0.15) is 0 Å². The third kappa shape index (κ3) is 1.95. The van der Waals surface area contributed by atoms with Crippen molar-refractivity contribution < 1.29 is 9.47 Å². The Morgan fingerprint density at radius 3 is 2.57 bits per heavy atom. The fourth-order valence-corrected chi connectivity index (χ4v) is 2.71. The molecule has 1 saturated heterocycles. The van der Waals surface area contributed by atoms with Crippen LogP contribution in [-0.4, -0.2) is 44.5 Å². The van der Waals surface area contributed by atoms with E-state index in [1.807, 2.05) is 0 Å². The van der Waals surface area contributed by atoms with Crippen molar-refractivity contribution in [3.8, 4) is 0 Å². The van der Waals surface area contributed by atoms with Crippen molar-refractivity contribution in [1.29, 1.82) is 0 Å². The second-order valence-corrected chi connectivity index (χ2v) is 4.71. The van der Waals surface area contributed by atoms with Crippen LogP contribution in [0.15, 0.2) is 0 Å². The molecule has 1 aliphatic carbocycles. The van der Waals surface area contributed by atoms with Crippen LogP contribution in [0.4, 0.5) is 0 Å². The standard InChI is InChI=1S/C11H21NO2/c1-12(2)9-10-5-3-4-6-11(10)13-7-8-14-11/h10H,3-9H2,1-2H3/t10-/m0/s1. The molecule has 82 valence electrons. The first kappa shape index (κ1) is 10.4. The van der Waals surface area contributed by atoms with Crippen LogP contribution < -0.4 is 0 Å². The average molecular weight is 199 g/mol. The van der Waals surface area contributed by atoms with E-state index in [2.05, 4.69) is 19.0 Å². The Bertz CT molecular complexity index is 188. The van der Waals surface area contributed by atoms with E-state index < -0.39 is 0 Å². The van der Waals surface area contributed by atoms with E-state index in [-0.39, 0.29) is 5.79 Å². The number of ether oxygens (including phenoxy) is 2. The summed E-state index contributed by atoms with van der Waals surface area (Å²) in [5.41, 5.74) is 0. The topological polar surface area (TPSA) is 21.7 Å². The minimum absolute atomic E-state index is 0.220. The van der Waals surface area contributed by atoms with E-state index in [0.717, 1.165) is 26.2 Å². The fourth-order valence-electron chi connectivity index (χ4n) is 2.71. The molecule has 0 unspecified atom stereocenters. The highest BCUT2D eigenvalue weighted by Crippen LogP contribution is 2.40. The third-order valence-electron chi connectivity index (χ3n) is 3.31. The van der Waals surface area contributed by atoms with Crippen molar-refractivity contribution in [2.75, 3.05) is 33.9 Å². The van der Waals surface area contributed by atoms with Gasteiger partial charge in [-0.1, -0.05) is 6.42 Å². The van der Waals surface area contributed by atoms with Gasteiger partial charge in [-0.05, 0) is 26.9 Å². The first-order chi connectivity index (χ1) is 6.73. The molecular weight excluding hydrogens is 178 g/mol. The van der Waals surface area contributed by atoms with Gasteiger partial charge in [-0.2, -0.15) is 0 Å². The normalized spacial score (nSPS) is 31.5. The van der Waals surface area contributed by atoms with Gasteiger partial charge in [-0.15, -0.1) is 0 Å². The van der Waals surface area contributed by atoms with Gasteiger partial charge < -0.3 is 14.4 Å². The van der Waals surface area contributed by atoms with Crippen LogP contribution >= 0.6 is 0 Å². The molecule has 14 heavy (non-hydrogen) atoms. The van der Waals surface area contributed by atoms with E-state index in [1.54, 1.807) is 0 Å². The first-order valence-corrected chi connectivity index (χ1v) is 5.65. The minimum atomic E-state index is -0.220. The van der Waals surface area contributed by atoms with Gasteiger partial charge in [-0.3, -0.25) is 0 Å². The lowest BCUT2D eigenvalue weighted by atomic mass is 9.83. The molecule has 0 aromatic carbocycles. The van der Waals surface area contributed by atoms with Crippen LogP contribution in [0.2, 0.25) is 0 Å². The molecule has 3 nitrogen and oxygen atoms in total. The summed E-state index contributed by atoms with van der Waals surface area (Å²) in [7, 11) is 4.24. The van der Waals surface area contributed by atoms with Crippen molar-refractivity contribution in [3.63, 3.8) is 0 Å². The van der Waals surface area contributed by atoms with Gasteiger partial charge in [0.2, 0.25) is 0 Å². The summed E-state index contributed by atoms with van der Waals surface area (Å²) in [4.78, 5) is 2.24. The fraction of sp³-hybridized carbons (Fsp3) is 1.00. The zero-order chi connectivity index (χ0) is 10.0. The van der Waals surface area contributed by atoms with E-state index in [4.69, 9.17) is 9.47 Å². The monoisotopic (exact) mass is 199 g/mol. The van der Waals surface area contributed by atoms with Crippen molar-refractivity contribution >= 4 is 0 Å². The number of rotatable bonds is 2. The second-order valence-electron chi connectivity index (χ2n) is 4.71. The molecule has 3 heteroatoms. The SMILES string of the molecule is CN(C)C[C@@H]1CCCCC12OCCO2. The summed E-state index contributed by atoms with van der Waals surface area (Å²) < 4.78 is 11.7. The average Bonchev–Trinajstić information content (AvgIpc) is 2.58. The molecule has 1 saturated carbocycles. The molecule has 1 heterocycles. The lowest BCUT2D eigenvalue weighted by Gasteiger charge is -2.40. The van der Waals surface area contributed by atoms with Crippen LogP contribution in [0.3, 0.4) is 0 Å². The predicted octanol–water partition coefficient (Wildman–Crippen LogP) is 1.48. The van der Waals surface area contributed by atoms with Crippen LogP contribution in [0.1, 0.15) is 25.7 Å². The Labute approximate surface area is 86.4 Å². The number of nitrogens with zero attached hydrogens (tertiary/aromatic N) is 1. The lowest BCUT2D eigenvalue weighted by Crippen LogP contribution is -2.46. The van der Waals surface area contributed by atoms with Gasteiger partial charge in [0.15, 0.2) is 5.79 Å².